The molecule has 1 amide bonds. The van der Waals surface area contributed by atoms with E-state index in [1.54, 1.807) is 0 Å². The molecule has 0 aromatic heterocycles. The molecule has 2 aromatic rings. The average molecular weight is 378 g/mol. The molecule has 2 aliphatic rings. The summed E-state index contributed by atoms with van der Waals surface area (Å²) in [6.45, 7) is 1.05. The molecule has 1 saturated heterocycles. The van der Waals surface area contributed by atoms with Crippen LogP contribution < -0.4 is 10.6 Å². The minimum absolute atomic E-state index is 0.351. The molecule has 0 spiro atoms. The number of anilines is 1. The molecule has 1 fully saturated rings. The molecule has 3 unspecified atom stereocenters. The van der Waals surface area contributed by atoms with Gasteiger partial charge < -0.3 is 20.5 Å². The van der Waals surface area contributed by atoms with Crippen LogP contribution in [0.15, 0.2) is 54.6 Å². The molecule has 0 bridgehead atoms. The zero-order valence-corrected chi connectivity index (χ0v) is 16.0. The Bertz CT molecular complexity index is 875. The van der Waals surface area contributed by atoms with E-state index in [1.807, 2.05) is 48.5 Å². The second-order valence-corrected chi connectivity index (χ2v) is 7.46. The summed E-state index contributed by atoms with van der Waals surface area (Å²) in [5, 5.41) is 18.1. The molecule has 3 N–H and O–H groups in total. The number of methoxy groups -OCH3 is 1. The van der Waals surface area contributed by atoms with Crippen LogP contribution in [0, 0.1) is 0 Å². The van der Waals surface area contributed by atoms with E-state index < -0.39 is 11.7 Å². The lowest BCUT2D eigenvalue weighted by molar-refractivity contribution is -0.142. The van der Waals surface area contributed by atoms with Crippen LogP contribution in [0.4, 0.5) is 5.69 Å². The first kappa shape index (κ1) is 18.9. The summed E-state index contributed by atoms with van der Waals surface area (Å²) in [5.74, 6) is -0.351. The van der Waals surface area contributed by atoms with Crippen LogP contribution in [0.25, 0.3) is 6.08 Å². The molecule has 2 aliphatic heterocycles. The predicted molar refractivity (Wildman–Crippen MR) is 110 cm³/mol. The molecule has 5 heteroatoms. The van der Waals surface area contributed by atoms with Gasteiger partial charge in [0.2, 0.25) is 0 Å². The first-order valence-electron chi connectivity index (χ1n) is 9.80. The molecule has 5 nitrogen and oxygen atoms in total. The van der Waals surface area contributed by atoms with E-state index in [9.17, 15) is 9.90 Å². The van der Waals surface area contributed by atoms with Gasteiger partial charge in [-0.25, -0.2) is 0 Å². The molecule has 3 atom stereocenters. The number of rotatable bonds is 4. The summed E-state index contributed by atoms with van der Waals surface area (Å²) >= 11 is 0. The summed E-state index contributed by atoms with van der Waals surface area (Å²) in [6.07, 6.45) is 6.83. The van der Waals surface area contributed by atoms with Crippen molar-refractivity contribution >= 4 is 17.7 Å². The van der Waals surface area contributed by atoms with E-state index in [2.05, 4.69) is 22.8 Å². The van der Waals surface area contributed by atoms with Crippen LogP contribution in [-0.4, -0.2) is 36.8 Å². The van der Waals surface area contributed by atoms with Gasteiger partial charge in [0.15, 0.2) is 11.7 Å². The Kier molecular flexibility index (Phi) is 5.31. The van der Waals surface area contributed by atoms with Crippen LogP contribution in [0.2, 0.25) is 0 Å². The van der Waals surface area contributed by atoms with Gasteiger partial charge in [0.1, 0.15) is 0 Å². The van der Waals surface area contributed by atoms with Gasteiger partial charge >= 0.3 is 0 Å². The highest BCUT2D eigenvalue weighted by Crippen LogP contribution is 2.42. The van der Waals surface area contributed by atoms with Crippen molar-refractivity contribution < 1.29 is 14.6 Å². The smallest absolute Gasteiger partial charge is 0.257 e. The lowest BCUT2D eigenvalue weighted by Gasteiger charge is -2.40. The molecular weight excluding hydrogens is 352 g/mol. The van der Waals surface area contributed by atoms with Crippen molar-refractivity contribution in [2.45, 2.75) is 37.0 Å². The van der Waals surface area contributed by atoms with Crippen molar-refractivity contribution in [2.24, 2.45) is 0 Å². The Morgan fingerprint density at radius 3 is 2.71 bits per heavy atom. The molecule has 0 aliphatic carbocycles. The van der Waals surface area contributed by atoms with Crippen molar-refractivity contribution in [1.29, 1.82) is 0 Å². The molecule has 28 heavy (non-hydrogen) atoms. The number of carbonyl (C=O) groups excluding carboxylic acids is 1. The van der Waals surface area contributed by atoms with E-state index in [-0.39, 0.29) is 5.91 Å². The Morgan fingerprint density at radius 1 is 1.18 bits per heavy atom. The topological polar surface area (TPSA) is 70.6 Å². The Balaban J connectivity index is 1.75. The number of nitrogens with one attached hydrogen (secondary N) is 2. The molecule has 0 saturated carbocycles. The summed E-state index contributed by atoms with van der Waals surface area (Å²) in [7, 11) is 1.45. The molecule has 2 aromatic carbocycles. The van der Waals surface area contributed by atoms with Gasteiger partial charge in [-0.3, -0.25) is 4.79 Å². The second-order valence-electron chi connectivity index (χ2n) is 7.46. The number of fused-ring (bicyclic) bond motifs is 1. The van der Waals surface area contributed by atoms with Gasteiger partial charge in [0.25, 0.3) is 5.91 Å². The highest BCUT2D eigenvalue weighted by atomic mass is 16.5. The van der Waals surface area contributed by atoms with E-state index >= 15 is 0 Å². The number of benzene rings is 2. The van der Waals surface area contributed by atoms with Crippen LogP contribution >= 0.6 is 0 Å². The number of amides is 1. The zero-order chi connectivity index (χ0) is 19.6. The predicted octanol–water partition coefficient (Wildman–Crippen LogP) is 3.04. The third-order valence-corrected chi connectivity index (χ3v) is 5.65. The fourth-order valence-corrected chi connectivity index (χ4v) is 4.17. The molecule has 0 radical (unpaired) electrons. The van der Waals surface area contributed by atoms with Crippen molar-refractivity contribution in [3.63, 3.8) is 0 Å². The van der Waals surface area contributed by atoms with Crippen molar-refractivity contribution in [2.75, 3.05) is 19.0 Å². The van der Waals surface area contributed by atoms with Crippen LogP contribution in [0.5, 0.6) is 0 Å². The maximum absolute atomic E-state index is 12.6. The van der Waals surface area contributed by atoms with Crippen LogP contribution in [0.1, 0.15) is 36.0 Å². The maximum Gasteiger partial charge on any atom is 0.257 e. The Hall–Kier alpha value is -2.47. The second kappa shape index (κ2) is 7.87. The molecular formula is C23H26N2O3. The van der Waals surface area contributed by atoms with Crippen LogP contribution in [-0.2, 0) is 15.1 Å². The molecule has 4 rings (SSSR count). The van der Waals surface area contributed by atoms with Crippen molar-refractivity contribution in [3.05, 3.63) is 71.3 Å². The lowest BCUT2D eigenvalue weighted by Crippen LogP contribution is -2.52. The number of piperidine rings is 1. The lowest BCUT2D eigenvalue weighted by atomic mass is 9.77. The van der Waals surface area contributed by atoms with E-state index in [4.69, 9.17) is 4.74 Å². The first-order valence-corrected chi connectivity index (χ1v) is 9.80. The largest absolute Gasteiger partial charge is 0.377 e. The molecule has 2 heterocycles. The highest BCUT2D eigenvalue weighted by Gasteiger charge is 2.49. The van der Waals surface area contributed by atoms with E-state index in [0.29, 0.717) is 22.9 Å². The Labute approximate surface area is 165 Å². The fraction of sp³-hybridized carbons (Fsp3) is 0.348. The van der Waals surface area contributed by atoms with Gasteiger partial charge in [0, 0.05) is 24.4 Å². The van der Waals surface area contributed by atoms with Crippen molar-refractivity contribution in [3.8, 4) is 0 Å². The monoisotopic (exact) mass is 378 g/mol. The van der Waals surface area contributed by atoms with Crippen molar-refractivity contribution in [1.82, 2.24) is 5.32 Å². The minimum Gasteiger partial charge on any atom is -0.377 e. The van der Waals surface area contributed by atoms with E-state index in [1.165, 1.54) is 20.0 Å². The van der Waals surface area contributed by atoms with Gasteiger partial charge in [0.05, 0.1) is 0 Å². The summed E-state index contributed by atoms with van der Waals surface area (Å²) in [4.78, 5) is 12.6. The van der Waals surface area contributed by atoms with Gasteiger partial charge in [-0.15, -0.1) is 0 Å². The van der Waals surface area contributed by atoms with E-state index in [0.717, 1.165) is 18.5 Å². The number of aliphatic hydroxyl groups is 1. The normalized spacial score (nSPS) is 27.4. The number of ether oxygens (including phenoxy) is 1. The SMILES string of the molecule is COC1C(=O)Nc2ccc(C=CC3CCCCN3)cc2C1(O)c1ccccc1. The molecule has 146 valence electrons. The summed E-state index contributed by atoms with van der Waals surface area (Å²) < 4.78 is 5.44. The average Bonchev–Trinajstić information content (AvgIpc) is 2.74. The quantitative estimate of drug-likeness (QED) is 0.765. The summed E-state index contributed by atoms with van der Waals surface area (Å²) in [5.41, 5.74) is 1.31. The Morgan fingerprint density at radius 2 is 2.00 bits per heavy atom. The third-order valence-electron chi connectivity index (χ3n) is 5.65. The minimum atomic E-state index is -1.55. The number of carbonyl (C=O) groups is 1. The third kappa shape index (κ3) is 3.37. The van der Waals surface area contributed by atoms with Gasteiger partial charge in [-0.1, -0.05) is 55.0 Å². The number of hydrogen-bond donors (Lipinski definition) is 3. The first-order chi connectivity index (χ1) is 13.6. The standard InChI is InChI=1S/C23H26N2O3/c1-28-21-22(26)25-20-13-11-16(10-12-18-9-5-6-14-24-18)15-19(20)23(21,27)17-7-3-2-4-8-17/h2-4,7-8,10-13,15,18,21,24,27H,5-6,9,14H2,1H3,(H,25,26). The zero-order valence-electron chi connectivity index (χ0n) is 16.0. The summed E-state index contributed by atoms with van der Waals surface area (Å²) in [6, 6.07) is 15.4. The maximum atomic E-state index is 12.6. The van der Waals surface area contributed by atoms with Crippen LogP contribution in [0.3, 0.4) is 0 Å². The fourth-order valence-electron chi connectivity index (χ4n) is 4.17. The van der Waals surface area contributed by atoms with Gasteiger partial charge in [-0.2, -0.15) is 0 Å². The number of hydrogen-bond acceptors (Lipinski definition) is 4. The van der Waals surface area contributed by atoms with Gasteiger partial charge in [-0.05, 0) is 42.6 Å². The highest BCUT2D eigenvalue weighted by molar-refractivity contribution is 5.99.